The predicted molar refractivity (Wildman–Crippen MR) is 153 cm³/mol. The average Bonchev–Trinajstić information content (AvgIpc) is 3.41. The molecule has 3 unspecified atom stereocenters. The Kier molecular flexibility index (Phi) is 6.53. The van der Waals surface area contributed by atoms with Gasteiger partial charge in [-0.25, -0.2) is 28.2 Å². The van der Waals surface area contributed by atoms with Gasteiger partial charge in [-0.1, -0.05) is 11.3 Å². The van der Waals surface area contributed by atoms with Crippen molar-refractivity contribution >= 4 is 21.7 Å². The average molecular weight is 581 g/mol. The first kappa shape index (κ1) is 26.7. The molecular formula is C28H36N8O4S. The molecular weight excluding hydrogens is 544 g/mol. The van der Waals surface area contributed by atoms with E-state index in [1.165, 1.54) is 12.8 Å². The van der Waals surface area contributed by atoms with Crippen molar-refractivity contribution in [2.45, 2.75) is 62.8 Å². The molecule has 218 valence electrons. The highest BCUT2D eigenvalue weighted by molar-refractivity contribution is 7.89. The van der Waals surface area contributed by atoms with Crippen LogP contribution < -0.4 is 14.9 Å². The number of piperidine rings is 1. The third kappa shape index (κ3) is 4.98. The first-order valence-electron chi connectivity index (χ1n) is 14.4. The lowest BCUT2D eigenvalue weighted by atomic mass is 9.93. The number of nitrogens with two attached hydrogens (primary N) is 1. The smallest absolute Gasteiger partial charge is 0.226 e. The van der Waals surface area contributed by atoms with Crippen LogP contribution >= 0.6 is 0 Å². The third-order valence-corrected chi connectivity index (χ3v) is 10.6. The van der Waals surface area contributed by atoms with E-state index in [9.17, 15) is 13.5 Å². The summed E-state index contributed by atoms with van der Waals surface area (Å²) in [5, 5.41) is 23.1. The van der Waals surface area contributed by atoms with Crippen molar-refractivity contribution < 1.29 is 18.3 Å². The number of aliphatic hydroxyl groups excluding tert-OH is 1. The summed E-state index contributed by atoms with van der Waals surface area (Å²) in [5.74, 6) is 0.704. The van der Waals surface area contributed by atoms with Gasteiger partial charge in [-0.05, 0) is 74.6 Å². The maximum absolute atomic E-state index is 12.2. The Morgan fingerprint density at radius 2 is 1.78 bits per heavy atom. The van der Waals surface area contributed by atoms with Gasteiger partial charge in [0.05, 0.1) is 55.2 Å². The molecule has 3 saturated heterocycles. The van der Waals surface area contributed by atoms with Crippen LogP contribution in [-0.2, 0) is 14.8 Å². The monoisotopic (exact) mass is 580 g/mol. The molecule has 4 fully saturated rings. The molecule has 4 aliphatic rings. The highest BCUT2D eigenvalue weighted by Crippen LogP contribution is 2.54. The SMILES string of the molecule is Cc1cc(-c2cn(-c3ccc(C(CO)S(N)(=O)=O)cc3N3CCC4(CC3)CC4)nn2)nc(N2C3CCC2COC3)n1. The van der Waals surface area contributed by atoms with Crippen molar-refractivity contribution in [3.63, 3.8) is 0 Å². The first-order chi connectivity index (χ1) is 19.7. The maximum Gasteiger partial charge on any atom is 0.226 e. The van der Waals surface area contributed by atoms with Crippen LogP contribution in [0.4, 0.5) is 11.6 Å². The van der Waals surface area contributed by atoms with Crippen molar-refractivity contribution in [3.05, 3.63) is 41.7 Å². The molecule has 1 aromatic carbocycles. The number of anilines is 2. The van der Waals surface area contributed by atoms with Gasteiger partial charge in [-0.15, -0.1) is 5.10 Å². The number of rotatable bonds is 7. The van der Waals surface area contributed by atoms with Gasteiger partial charge in [0.15, 0.2) is 0 Å². The molecule has 0 amide bonds. The molecule has 1 saturated carbocycles. The van der Waals surface area contributed by atoms with Crippen molar-refractivity contribution in [1.29, 1.82) is 0 Å². The quantitative estimate of drug-likeness (QED) is 0.425. The number of aliphatic hydroxyl groups is 1. The van der Waals surface area contributed by atoms with E-state index < -0.39 is 21.9 Å². The molecule has 5 heterocycles. The summed E-state index contributed by atoms with van der Waals surface area (Å²) < 4.78 is 31.9. The van der Waals surface area contributed by atoms with E-state index in [0.717, 1.165) is 55.8 Å². The second-order valence-electron chi connectivity index (χ2n) is 12.1. The highest BCUT2D eigenvalue weighted by Gasteiger charge is 2.45. The van der Waals surface area contributed by atoms with Crippen molar-refractivity contribution in [2.24, 2.45) is 10.6 Å². The van der Waals surface area contributed by atoms with Crippen LogP contribution in [0.15, 0.2) is 30.5 Å². The summed E-state index contributed by atoms with van der Waals surface area (Å²) in [4.78, 5) is 14.2. The zero-order valence-electron chi connectivity index (χ0n) is 23.2. The van der Waals surface area contributed by atoms with Crippen LogP contribution in [-0.4, -0.2) is 83.5 Å². The number of aromatic nitrogens is 5. The number of fused-ring (bicyclic) bond motifs is 2. The van der Waals surface area contributed by atoms with Crippen molar-refractivity contribution in [1.82, 2.24) is 25.0 Å². The van der Waals surface area contributed by atoms with Crippen molar-refractivity contribution in [2.75, 3.05) is 42.7 Å². The molecule has 1 aliphatic carbocycles. The van der Waals surface area contributed by atoms with Crippen LogP contribution in [0.3, 0.4) is 0 Å². The van der Waals surface area contributed by atoms with Gasteiger partial charge in [0.2, 0.25) is 16.0 Å². The molecule has 0 radical (unpaired) electrons. The molecule has 12 nitrogen and oxygen atoms in total. The van der Waals surface area contributed by atoms with Crippen LogP contribution in [0.1, 0.15) is 55.0 Å². The molecule has 3 atom stereocenters. The normalized spacial score (nSPS) is 24.2. The van der Waals surface area contributed by atoms with Crippen molar-refractivity contribution in [3.8, 4) is 17.1 Å². The Hall–Kier alpha value is -3.13. The lowest BCUT2D eigenvalue weighted by Gasteiger charge is -2.35. The third-order valence-electron chi connectivity index (χ3n) is 9.37. The van der Waals surface area contributed by atoms with E-state index in [1.807, 2.05) is 31.3 Å². The molecule has 7 rings (SSSR count). The fraction of sp³-hybridized carbons (Fsp3) is 0.571. The molecule has 2 aromatic heterocycles. The second kappa shape index (κ2) is 10.0. The Balaban J connectivity index is 1.24. The van der Waals surface area contributed by atoms with E-state index >= 15 is 0 Å². The molecule has 2 bridgehead atoms. The number of morpholine rings is 1. The minimum atomic E-state index is -3.98. The Morgan fingerprint density at radius 3 is 2.44 bits per heavy atom. The first-order valence-corrected chi connectivity index (χ1v) is 16.0. The Morgan fingerprint density at radius 1 is 1.05 bits per heavy atom. The molecule has 3 aliphatic heterocycles. The maximum atomic E-state index is 12.2. The van der Waals surface area contributed by atoms with E-state index in [0.29, 0.717) is 53.6 Å². The van der Waals surface area contributed by atoms with Gasteiger partial charge in [0, 0.05) is 18.8 Å². The number of nitrogens with zero attached hydrogens (tertiary/aromatic N) is 7. The summed E-state index contributed by atoms with van der Waals surface area (Å²) in [5.41, 5.74) is 4.74. The van der Waals surface area contributed by atoms with Gasteiger partial charge in [-0.3, -0.25) is 0 Å². The Bertz CT molecular complexity index is 1550. The van der Waals surface area contributed by atoms with E-state index in [-0.39, 0.29) is 0 Å². The number of primary sulfonamides is 1. The van der Waals surface area contributed by atoms with Crippen LogP contribution in [0, 0.1) is 12.3 Å². The number of ether oxygens (including phenoxy) is 1. The molecule has 3 N–H and O–H groups in total. The summed E-state index contributed by atoms with van der Waals surface area (Å²) in [7, 11) is -3.98. The molecule has 41 heavy (non-hydrogen) atoms. The number of benzene rings is 1. The molecule has 13 heteroatoms. The fourth-order valence-electron chi connectivity index (χ4n) is 6.74. The van der Waals surface area contributed by atoms with Crippen LogP contribution in [0.5, 0.6) is 0 Å². The number of sulfonamides is 1. The predicted octanol–water partition coefficient (Wildman–Crippen LogP) is 2.10. The zero-order valence-corrected chi connectivity index (χ0v) is 24.0. The van der Waals surface area contributed by atoms with Gasteiger partial charge in [-0.2, -0.15) is 0 Å². The number of aryl methyl sites for hydroxylation is 1. The summed E-state index contributed by atoms with van der Waals surface area (Å²) >= 11 is 0. The minimum Gasteiger partial charge on any atom is -0.395 e. The van der Waals surface area contributed by atoms with E-state index in [4.69, 9.17) is 19.8 Å². The van der Waals surface area contributed by atoms with E-state index in [2.05, 4.69) is 20.1 Å². The fourth-order valence-corrected chi connectivity index (χ4v) is 7.47. The van der Waals surface area contributed by atoms with Gasteiger partial charge < -0.3 is 19.6 Å². The summed E-state index contributed by atoms with van der Waals surface area (Å²) in [6, 6.07) is 7.86. The zero-order chi connectivity index (χ0) is 28.4. The lowest BCUT2D eigenvalue weighted by molar-refractivity contribution is 0.0897. The largest absolute Gasteiger partial charge is 0.395 e. The van der Waals surface area contributed by atoms with Crippen LogP contribution in [0.25, 0.3) is 17.1 Å². The topological polar surface area (TPSA) is 153 Å². The van der Waals surface area contributed by atoms with Gasteiger partial charge in [0.25, 0.3) is 0 Å². The number of hydrogen-bond donors (Lipinski definition) is 2. The van der Waals surface area contributed by atoms with Gasteiger partial charge in [0.1, 0.15) is 10.9 Å². The van der Waals surface area contributed by atoms with E-state index in [1.54, 1.807) is 10.7 Å². The minimum absolute atomic E-state index is 0.291. The highest BCUT2D eigenvalue weighted by atomic mass is 32.2. The summed E-state index contributed by atoms with van der Waals surface area (Å²) in [6.07, 6.45) is 8.77. The van der Waals surface area contributed by atoms with Gasteiger partial charge >= 0.3 is 0 Å². The standard InChI is InChI=1S/C28H36N8O4S/c1-18-12-22(31-27(30-18)36-20-3-4-21(36)17-40-16-20)23-14-35(33-32-23)24-5-2-19(26(15-37)41(29,38)39)13-25(24)34-10-8-28(6-7-28)9-11-34/h2,5,12-14,20-21,26,37H,3-4,6-11,15-17H2,1H3,(H2,29,38,39). The number of hydrogen-bond acceptors (Lipinski definition) is 10. The lowest BCUT2D eigenvalue weighted by Crippen LogP contribution is -2.46. The molecule has 1 spiro atoms. The second-order valence-corrected chi connectivity index (χ2v) is 13.8. The van der Waals surface area contributed by atoms with Crippen LogP contribution in [0.2, 0.25) is 0 Å². The molecule has 3 aromatic rings. The summed E-state index contributed by atoms with van der Waals surface area (Å²) in [6.45, 7) is 4.50. The Labute approximate surface area is 239 Å².